The van der Waals surface area contributed by atoms with Crippen molar-refractivity contribution in [2.75, 3.05) is 45.9 Å². The van der Waals surface area contributed by atoms with Crippen molar-refractivity contribution in [3.05, 3.63) is 18.2 Å². The summed E-state index contributed by atoms with van der Waals surface area (Å²) in [6.45, 7) is 9.56. The number of nitrogens with one attached hydrogen (secondary N) is 1. The standard InChI is InChI=1S/C14H24N4O2/c1-2-17-4-6-19-12(9-17)10-18-11-16-7-13(18)14-8-15-3-5-20-14/h7,11-12,14-15H,2-6,8-10H2,1H3. The zero-order valence-corrected chi connectivity index (χ0v) is 12.1. The van der Waals surface area contributed by atoms with Crippen molar-refractivity contribution >= 4 is 0 Å². The van der Waals surface area contributed by atoms with Gasteiger partial charge in [0.25, 0.3) is 0 Å². The summed E-state index contributed by atoms with van der Waals surface area (Å²) in [6.07, 6.45) is 4.16. The van der Waals surface area contributed by atoms with Gasteiger partial charge < -0.3 is 19.4 Å². The number of ether oxygens (including phenoxy) is 2. The van der Waals surface area contributed by atoms with Crippen molar-refractivity contribution in [3.8, 4) is 0 Å². The van der Waals surface area contributed by atoms with Gasteiger partial charge in [-0.05, 0) is 6.54 Å². The molecule has 0 aliphatic carbocycles. The molecule has 6 heteroatoms. The molecule has 0 aromatic carbocycles. The Kier molecular flexibility index (Phi) is 4.67. The lowest BCUT2D eigenvalue weighted by Gasteiger charge is -2.33. The van der Waals surface area contributed by atoms with Crippen LogP contribution in [0.3, 0.4) is 0 Å². The van der Waals surface area contributed by atoms with E-state index in [-0.39, 0.29) is 12.2 Å². The van der Waals surface area contributed by atoms with Gasteiger partial charge >= 0.3 is 0 Å². The van der Waals surface area contributed by atoms with Crippen LogP contribution in [0.25, 0.3) is 0 Å². The fourth-order valence-electron chi connectivity index (χ4n) is 2.90. The molecule has 0 radical (unpaired) electrons. The van der Waals surface area contributed by atoms with Gasteiger partial charge in [0.2, 0.25) is 0 Å². The number of nitrogens with zero attached hydrogens (tertiary/aromatic N) is 3. The molecule has 0 bridgehead atoms. The van der Waals surface area contributed by atoms with Crippen LogP contribution in [-0.4, -0.2) is 66.5 Å². The third kappa shape index (κ3) is 3.20. The largest absolute Gasteiger partial charge is 0.374 e. The van der Waals surface area contributed by atoms with E-state index < -0.39 is 0 Å². The van der Waals surface area contributed by atoms with Crippen LogP contribution in [-0.2, 0) is 16.0 Å². The molecule has 2 unspecified atom stereocenters. The minimum Gasteiger partial charge on any atom is -0.374 e. The van der Waals surface area contributed by atoms with Crippen molar-refractivity contribution < 1.29 is 9.47 Å². The van der Waals surface area contributed by atoms with E-state index in [0.29, 0.717) is 0 Å². The molecule has 1 N–H and O–H groups in total. The average molecular weight is 280 g/mol. The maximum atomic E-state index is 5.88. The summed E-state index contributed by atoms with van der Waals surface area (Å²) in [7, 11) is 0. The van der Waals surface area contributed by atoms with E-state index in [2.05, 4.69) is 26.7 Å². The lowest BCUT2D eigenvalue weighted by atomic mass is 10.2. The average Bonchev–Trinajstić information content (AvgIpc) is 2.96. The summed E-state index contributed by atoms with van der Waals surface area (Å²) < 4.78 is 13.9. The van der Waals surface area contributed by atoms with Gasteiger partial charge in [0.15, 0.2) is 0 Å². The van der Waals surface area contributed by atoms with Gasteiger partial charge in [-0.25, -0.2) is 4.98 Å². The van der Waals surface area contributed by atoms with Crippen molar-refractivity contribution in [2.45, 2.75) is 25.7 Å². The van der Waals surface area contributed by atoms with Crippen LogP contribution < -0.4 is 5.32 Å². The van der Waals surface area contributed by atoms with Crippen LogP contribution in [0.1, 0.15) is 18.7 Å². The highest BCUT2D eigenvalue weighted by atomic mass is 16.5. The number of aromatic nitrogens is 2. The molecule has 3 heterocycles. The molecule has 6 nitrogen and oxygen atoms in total. The molecule has 3 rings (SSSR count). The van der Waals surface area contributed by atoms with E-state index in [1.165, 1.54) is 0 Å². The Morgan fingerprint density at radius 1 is 1.40 bits per heavy atom. The van der Waals surface area contributed by atoms with E-state index in [9.17, 15) is 0 Å². The number of morpholine rings is 2. The summed E-state index contributed by atoms with van der Waals surface area (Å²) >= 11 is 0. The number of hydrogen-bond donors (Lipinski definition) is 1. The van der Waals surface area contributed by atoms with E-state index in [1.807, 2.05) is 12.5 Å². The summed E-state index contributed by atoms with van der Waals surface area (Å²) in [5, 5.41) is 3.36. The van der Waals surface area contributed by atoms with Gasteiger partial charge in [-0.3, -0.25) is 4.90 Å². The lowest BCUT2D eigenvalue weighted by molar-refractivity contribution is -0.0365. The second-order valence-electron chi connectivity index (χ2n) is 5.42. The Bertz CT molecular complexity index is 417. The second-order valence-corrected chi connectivity index (χ2v) is 5.42. The summed E-state index contributed by atoms with van der Waals surface area (Å²) in [4.78, 5) is 6.72. The number of rotatable bonds is 4. The Balaban J connectivity index is 1.63. The second kappa shape index (κ2) is 6.67. The molecule has 0 saturated carbocycles. The highest BCUT2D eigenvalue weighted by Gasteiger charge is 2.23. The fraction of sp³-hybridized carbons (Fsp3) is 0.786. The highest BCUT2D eigenvalue weighted by Crippen LogP contribution is 2.19. The highest BCUT2D eigenvalue weighted by molar-refractivity contribution is 5.05. The SMILES string of the molecule is CCN1CCOC(Cn2cncc2C2CNCCO2)C1. The van der Waals surface area contributed by atoms with Crippen molar-refractivity contribution in [1.29, 1.82) is 0 Å². The Morgan fingerprint density at radius 2 is 2.35 bits per heavy atom. The van der Waals surface area contributed by atoms with Gasteiger partial charge in [0.05, 0.1) is 44.1 Å². The Hall–Kier alpha value is -0.950. The van der Waals surface area contributed by atoms with Crippen molar-refractivity contribution in [2.24, 2.45) is 0 Å². The smallest absolute Gasteiger partial charge is 0.111 e. The molecular formula is C14H24N4O2. The molecule has 2 atom stereocenters. The molecule has 1 aromatic heterocycles. The monoisotopic (exact) mass is 280 g/mol. The van der Waals surface area contributed by atoms with Crippen LogP contribution in [0.15, 0.2) is 12.5 Å². The normalized spacial score (nSPS) is 28.6. The van der Waals surface area contributed by atoms with Crippen LogP contribution in [0.4, 0.5) is 0 Å². The number of imidazole rings is 1. The molecule has 2 aliphatic rings. The van der Waals surface area contributed by atoms with Crippen LogP contribution >= 0.6 is 0 Å². The first-order valence-corrected chi connectivity index (χ1v) is 7.53. The molecule has 0 amide bonds. The van der Waals surface area contributed by atoms with Gasteiger partial charge in [0.1, 0.15) is 6.10 Å². The first-order chi connectivity index (χ1) is 9.86. The lowest BCUT2D eigenvalue weighted by Crippen LogP contribution is -2.44. The molecule has 2 aliphatic heterocycles. The zero-order valence-electron chi connectivity index (χ0n) is 12.1. The molecule has 112 valence electrons. The minimum absolute atomic E-state index is 0.108. The molecule has 0 spiro atoms. The molecular weight excluding hydrogens is 256 g/mol. The van der Waals surface area contributed by atoms with E-state index in [0.717, 1.165) is 58.2 Å². The predicted octanol–water partition coefficient (Wildman–Crippen LogP) is 0.265. The zero-order chi connectivity index (χ0) is 13.8. The third-order valence-corrected chi connectivity index (χ3v) is 4.07. The molecule has 2 fully saturated rings. The first-order valence-electron chi connectivity index (χ1n) is 7.53. The summed E-state index contributed by atoms with van der Waals surface area (Å²) in [6, 6.07) is 0. The maximum Gasteiger partial charge on any atom is 0.111 e. The van der Waals surface area contributed by atoms with E-state index in [4.69, 9.17) is 9.47 Å². The first kappa shape index (κ1) is 14.0. The van der Waals surface area contributed by atoms with Crippen molar-refractivity contribution in [1.82, 2.24) is 19.8 Å². The topological polar surface area (TPSA) is 51.5 Å². The summed E-state index contributed by atoms with van der Waals surface area (Å²) in [5.41, 5.74) is 1.15. The molecule has 20 heavy (non-hydrogen) atoms. The van der Waals surface area contributed by atoms with E-state index >= 15 is 0 Å². The summed E-state index contributed by atoms with van der Waals surface area (Å²) in [5.74, 6) is 0. The van der Waals surface area contributed by atoms with Crippen LogP contribution in [0, 0.1) is 0 Å². The van der Waals surface area contributed by atoms with Gasteiger partial charge in [-0.15, -0.1) is 0 Å². The van der Waals surface area contributed by atoms with E-state index in [1.54, 1.807) is 0 Å². The Labute approximate surface area is 120 Å². The quantitative estimate of drug-likeness (QED) is 0.858. The van der Waals surface area contributed by atoms with Crippen LogP contribution in [0.5, 0.6) is 0 Å². The van der Waals surface area contributed by atoms with Gasteiger partial charge in [-0.2, -0.15) is 0 Å². The third-order valence-electron chi connectivity index (χ3n) is 4.07. The van der Waals surface area contributed by atoms with Gasteiger partial charge in [-0.1, -0.05) is 6.92 Å². The Morgan fingerprint density at radius 3 is 3.15 bits per heavy atom. The minimum atomic E-state index is 0.108. The fourth-order valence-corrected chi connectivity index (χ4v) is 2.90. The van der Waals surface area contributed by atoms with Gasteiger partial charge in [0, 0.05) is 26.2 Å². The molecule has 1 aromatic rings. The molecule has 2 saturated heterocycles. The maximum absolute atomic E-state index is 5.88. The number of likely N-dealkylation sites (N-methyl/N-ethyl adjacent to an activating group) is 1. The van der Waals surface area contributed by atoms with Crippen LogP contribution in [0.2, 0.25) is 0 Å². The number of hydrogen-bond acceptors (Lipinski definition) is 5. The predicted molar refractivity (Wildman–Crippen MR) is 75.6 cm³/mol. The van der Waals surface area contributed by atoms with Crippen molar-refractivity contribution in [3.63, 3.8) is 0 Å².